The Bertz CT molecular complexity index is 931. The molecule has 0 spiro atoms. The van der Waals surface area contributed by atoms with Crippen molar-refractivity contribution in [2.24, 2.45) is 5.92 Å². The molecule has 7 heteroatoms. The fourth-order valence-corrected chi connectivity index (χ4v) is 3.67. The molecule has 0 radical (unpaired) electrons. The van der Waals surface area contributed by atoms with Gasteiger partial charge < -0.3 is 15.2 Å². The maximum Gasteiger partial charge on any atom is 0.257 e. The molecule has 0 saturated heterocycles. The van der Waals surface area contributed by atoms with Crippen LogP contribution in [-0.2, 0) is 6.54 Å². The fraction of sp³-hybridized carbons (Fsp3) is 0.478. The third-order valence-electron chi connectivity index (χ3n) is 5.44. The van der Waals surface area contributed by atoms with Gasteiger partial charge >= 0.3 is 0 Å². The number of carbonyl (C=O) groups excluding carboxylic acids is 2. The first-order chi connectivity index (χ1) is 14.5. The predicted molar refractivity (Wildman–Crippen MR) is 115 cm³/mol. The van der Waals surface area contributed by atoms with Crippen molar-refractivity contribution in [2.75, 3.05) is 6.54 Å². The first-order valence-electron chi connectivity index (χ1n) is 10.7. The molecule has 3 rings (SSSR count). The molecule has 0 unspecified atom stereocenters. The van der Waals surface area contributed by atoms with E-state index >= 15 is 0 Å². The minimum Gasteiger partial charge on any atom is -0.352 e. The summed E-state index contributed by atoms with van der Waals surface area (Å²) in [7, 11) is 0. The van der Waals surface area contributed by atoms with Crippen LogP contribution in [-0.4, -0.2) is 27.9 Å². The average molecular weight is 411 g/mol. The summed E-state index contributed by atoms with van der Waals surface area (Å²) < 4.78 is 1.88. The first kappa shape index (κ1) is 21.7. The van der Waals surface area contributed by atoms with Gasteiger partial charge in [-0.2, -0.15) is 0 Å². The van der Waals surface area contributed by atoms with Gasteiger partial charge in [-0.15, -0.1) is 0 Å². The SMILES string of the molecule is CC(C)CCNC(=O)c1cn(C2CCCC2)cc(C(=O)NCc2ccccn2)c1=O. The number of aromatic nitrogens is 2. The molecule has 2 heterocycles. The highest BCUT2D eigenvalue weighted by Gasteiger charge is 2.23. The van der Waals surface area contributed by atoms with E-state index in [4.69, 9.17) is 0 Å². The lowest BCUT2D eigenvalue weighted by Crippen LogP contribution is -2.36. The molecule has 2 aromatic rings. The number of hydrogen-bond donors (Lipinski definition) is 2. The molecule has 0 atom stereocenters. The van der Waals surface area contributed by atoms with Crippen LogP contribution in [0.3, 0.4) is 0 Å². The van der Waals surface area contributed by atoms with Crippen LogP contribution >= 0.6 is 0 Å². The summed E-state index contributed by atoms with van der Waals surface area (Å²) in [5.74, 6) is -0.467. The normalized spacial score (nSPS) is 14.1. The van der Waals surface area contributed by atoms with E-state index in [0.717, 1.165) is 32.1 Å². The molecular weight excluding hydrogens is 380 g/mol. The van der Waals surface area contributed by atoms with Crippen LogP contribution in [0.4, 0.5) is 0 Å². The minimum atomic E-state index is -0.537. The van der Waals surface area contributed by atoms with Crippen LogP contribution < -0.4 is 16.1 Å². The van der Waals surface area contributed by atoms with E-state index in [2.05, 4.69) is 29.5 Å². The Hall–Kier alpha value is -2.96. The number of rotatable bonds is 8. The highest BCUT2D eigenvalue weighted by atomic mass is 16.2. The van der Waals surface area contributed by atoms with E-state index in [1.807, 2.05) is 10.6 Å². The average Bonchev–Trinajstić information content (AvgIpc) is 3.27. The van der Waals surface area contributed by atoms with Crippen LogP contribution in [0, 0.1) is 5.92 Å². The van der Waals surface area contributed by atoms with Gasteiger partial charge in [-0.1, -0.05) is 32.8 Å². The summed E-state index contributed by atoms with van der Waals surface area (Å²) in [4.78, 5) is 42.7. The van der Waals surface area contributed by atoms with Crippen LogP contribution in [0.25, 0.3) is 0 Å². The molecule has 0 aromatic carbocycles. The monoisotopic (exact) mass is 410 g/mol. The van der Waals surface area contributed by atoms with E-state index in [-0.39, 0.29) is 23.7 Å². The van der Waals surface area contributed by atoms with Crippen molar-refractivity contribution in [2.45, 2.75) is 58.5 Å². The Morgan fingerprint density at radius 2 is 1.77 bits per heavy atom. The Morgan fingerprint density at radius 1 is 1.10 bits per heavy atom. The lowest BCUT2D eigenvalue weighted by molar-refractivity contribution is 0.0947. The second-order valence-electron chi connectivity index (χ2n) is 8.24. The highest BCUT2D eigenvalue weighted by Crippen LogP contribution is 2.29. The van der Waals surface area contributed by atoms with Gasteiger partial charge in [0.1, 0.15) is 11.1 Å². The zero-order valence-corrected chi connectivity index (χ0v) is 17.7. The third-order valence-corrected chi connectivity index (χ3v) is 5.44. The van der Waals surface area contributed by atoms with Crippen LogP contribution in [0.5, 0.6) is 0 Å². The van der Waals surface area contributed by atoms with E-state index < -0.39 is 17.2 Å². The Balaban J connectivity index is 1.84. The van der Waals surface area contributed by atoms with Crippen LogP contribution in [0.2, 0.25) is 0 Å². The molecule has 2 aromatic heterocycles. The molecule has 1 fully saturated rings. The summed E-state index contributed by atoms with van der Waals surface area (Å²) in [5, 5.41) is 5.57. The van der Waals surface area contributed by atoms with Gasteiger partial charge in [0.15, 0.2) is 0 Å². The molecule has 1 saturated carbocycles. The maximum atomic E-state index is 13.0. The zero-order valence-electron chi connectivity index (χ0n) is 17.7. The molecule has 2 N–H and O–H groups in total. The van der Waals surface area contributed by atoms with Crippen molar-refractivity contribution >= 4 is 11.8 Å². The van der Waals surface area contributed by atoms with Crippen molar-refractivity contribution in [3.05, 3.63) is 63.8 Å². The van der Waals surface area contributed by atoms with Gasteiger partial charge in [0.25, 0.3) is 11.8 Å². The summed E-state index contributed by atoms with van der Waals surface area (Å²) in [6.45, 7) is 4.86. The highest BCUT2D eigenvalue weighted by molar-refractivity contribution is 5.99. The molecule has 0 bridgehead atoms. The van der Waals surface area contributed by atoms with E-state index in [9.17, 15) is 14.4 Å². The summed E-state index contributed by atoms with van der Waals surface area (Å²) in [6, 6.07) is 5.64. The Labute approximate surface area is 176 Å². The van der Waals surface area contributed by atoms with Crippen molar-refractivity contribution in [1.82, 2.24) is 20.2 Å². The molecule has 30 heavy (non-hydrogen) atoms. The fourth-order valence-electron chi connectivity index (χ4n) is 3.67. The zero-order chi connectivity index (χ0) is 21.5. The smallest absolute Gasteiger partial charge is 0.257 e. The van der Waals surface area contributed by atoms with Crippen LogP contribution in [0.15, 0.2) is 41.6 Å². The number of nitrogens with one attached hydrogen (secondary N) is 2. The number of hydrogen-bond acceptors (Lipinski definition) is 4. The number of nitrogens with zero attached hydrogens (tertiary/aromatic N) is 2. The van der Waals surface area contributed by atoms with E-state index in [1.165, 1.54) is 0 Å². The summed E-state index contributed by atoms with van der Waals surface area (Å²) >= 11 is 0. The summed E-state index contributed by atoms with van der Waals surface area (Å²) in [5.41, 5.74) is 0.180. The number of pyridine rings is 2. The topological polar surface area (TPSA) is 93.1 Å². The quantitative estimate of drug-likeness (QED) is 0.699. The van der Waals surface area contributed by atoms with Gasteiger partial charge in [-0.3, -0.25) is 19.4 Å². The molecule has 1 aliphatic carbocycles. The van der Waals surface area contributed by atoms with Gasteiger partial charge in [0, 0.05) is 31.2 Å². The molecule has 0 aliphatic heterocycles. The van der Waals surface area contributed by atoms with Crippen molar-refractivity contribution in [1.29, 1.82) is 0 Å². The van der Waals surface area contributed by atoms with E-state index in [0.29, 0.717) is 18.2 Å². The molecule has 7 nitrogen and oxygen atoms in total. The predicted octanol–water partition coefficient (Wildman–Crippen LogP) is 3.06. The van der Waals surface area contributed by atoms with Crippen molar-refractivity contribution < 1.29 is 9.59 Å². The number of carbonyl (C=O) groups is 2. The summed E-state index contributed by atoms with van der Waals surface area (Å²) in [6.07, 6.45) is 9.85. The van der Waals surface area contributed by atoms with Gasteiger partial charge in [0.2, 0.25) is 5.43 Å². The van der Waals surface area contributed by atoms with Gasteiger partial charge in [-0.05, 0) is 37.3 Å². The largest absolute Gasteiger partial charge is 0.352 e. The Morgan fingerprint density at radius 3 is 2.37 bits per heavy atom. The second kappa shape index (κ2) is 10.2. The lowest BCUT2D eigenvalue weighted by atomic mass is 10.1. The first-order valence-corrected chi connectivity index (χ1v) is 10.7. The lowest BCUT2D eigenvalue weighted by Gasteiger charge is -2.17. The van der Waals surface area contributed by atoms with Crippen molar-refractivity contribution in [3.63, 3.8) is 0 Å². The van der Waals surface area contributed by atoms with Crippen LogP contribution in [0.1, 0.15) is 78.4 Å². The minimum absolute atomic E-state index is 0.00524. The van der Waals surface area contributed by atoms with Crippen molar-refractivity contribution in [3.8, 4) is 0 Å². The third kappa shape index (κ3) is 5.55. The second-order valence-corrected chi connectivity index (χ2v) is 8.24. The van der Waals surface area contributed by atoms with Gasteiger partial charge in [-0.25, -0.2) is 0 Å². The molecule has 160 valence electrons. The molecule has 2 amide bonds. The van der Waals surface area contributed by atoms with Gasteiger partial charge in [0.05, 0.1) is 12.2 Å². The molecule has 1 aliphatic rings. The standard InChI is InChI=1S/C23H30N4O3/c1-16(2)10-12-25-22(29)19-14-27(18-8-3-4-9-18)15-20(21(19)28)23(30)26-13-17-7-5-6-11-24-17/h5-7,11,14-16,18H,3-4,8-10,12-13H2,1-2H3,(H,25,29)(H,26,30). The van der Waals surface area contributed by atoms with E-state index in [1.54, 1.807) is 30.7 Å². The maximum absolute atomic E-state index is 13.0. The number of amides is 2. The molecular formula is C23H30N4O3. The Kier molecular flexibility index (Phi) is 7.38.